The zero-order chi connectivity index (χ0) is 23.6. The Labute approximate surface area is 195 Å². The van der Waals surface area contributed by atoms with Gasteiger partial charge in [-0.1, -0.05) is 0 Å². The number of nitrogens with two attached hydrogens (primary N) is 1. The molecule has 1 spiro atoms. The molecule has 0 radical (unpaired) electrons. The molecule has 11 heteroatoms. The molecular weight excluding hydrogens is 439 g/mol. The molecule has 0 saturated carbocycles. The highest BCUT2D eigenvalue weighted by atomic mass is 19.1. The predicted octanol–water partition coefficient (Wildman–Crippen LogP) is 1.67. The molecule has 6 rings (SSSR count). The van der Waals surface area contributed by atoms with Crippen molar-refractivity contribution in [2.75, 3.05) is 24.6 Å². The highest BCUT2D eigenvalue weighted by molar-refractivity contribution is 5.82. The van der Waals surface area contributed by atoms with Crippen molar-refractivity contribution in [3.05, 3.63) is 36.0 Å². The summed E-state index contributed by atoms with van der Waals surface area (Å²) in [6.07, 6.45) is 5.16. The second-order valence-electron chi connectivity index (χ2n) is 9.45. The van der Waals surface area contributed by atoms with E-state index in [0.717, 1.165) is 25.9 Å². The van der Waals surface area contributed by atoms with E-state index in [0.29, 0.717) is 34.7 Å². The molecule has 1 aromatic carbocycles. The van der Waals surface area contributed by atoms with Crippen LogP contribution in [0.3, 0.4) is 0 Å². The molecule has 34 heavy (non-hydrogen) atoms. The summed E-state index contributed by atoms with van der Waals surface area (Å²) in [5.41, 5.74) is 8.28. The van der Waals surface area contributed by atoms with Gasteiger partial charge in [-0.05, 0) is 31.9 Å². The Morgan fingerprint density at radius 1 is 1.26 bits per heavy atom. The van der Waals surface area contributed by atoms with Gasteiger partial charge in [-0.15, -0.1) is 0 Å². The van der Waals surface area contributed by atoms with Gasteiger partial charge in [0.1, 0.15) is 22.4 Å². The molecule has 2 aliphatic rings. The number of anilines is 1. The van der Waals surface area contributed by atoms with E-state index in [1.54, 1.807) is 36.3 Å². The zero-order valence-electron chi connectivity index (χ0n) is 19.1. The van der Waals surface area contributed by atoms with E-state index in [4.69, 9.17) is 15.5 Å². The third kappa shape index (κ3) is 3.11. The molecule has 2 saturated heterocycles. The number of aryl methyl sites for hydroxylation is 1. The lowest BCUT2D eigenvalue weighted by atomic mass is 9.73. The fourth-order valence-corrected chi connectivity index (χ4v) is 5.37. The lowest BCUT2D eigenvalue weighted by molar-refractivity contribution is 0.0973. The van der Waals surface area contributed by atoms with Gasteiger partial charge in [-0.2, -0.15) is 10.2 Å². The topological polar surface area (TPSA) is 120 Å². The number of ether oxygens (including phenoxy) is 1. The van der Waals surface area contributed by atoms with E-state index in [9.17, 15) is 5.11 Å². The van der Waals surface area contributed by atoms with Crippen molar-refractivity contribution in [3.8, 4) is 5.69 Å². The quantitative estimate of drug-likeness (QED) is 0.468. The summed E-state index contributed by atoms with van der Waals surface area (Å²) in [6.45, 7) is 3.92. The first-order valence-corrected chi connectivity index (χ1v) is 11.5. The highest BCUT2D eigenvalue weighted by Crippen LogP contribution is 2.42. The van der Waals surface area contributed by atoms with E-state index in [1.165, 1.54) is 4.68 Å². The summed E-state index contributed by atoms with van der Waals surface area (Å²) in [5.74, 6) is 0.149. The Bertz CT molecular complexity index is 1390. The van der Waals surface area contributed by atoms with Crippen molar-refractivity contribution in [1.82, 2.24) is 29.5 Å². The molecule has 2 fully saturated rings. The van der Waals surface area contributed by atoms with Gasteiger partial charge in [-0.3, -0.25) is 4.68 Å². The molecule has 5 heterocycles. The average molecular weight is 467 g/mol. The number of benzene rings is 1. The van der Waals surface area contributed by atoms with Crippen LogP contribution in [0.15, 0.2) is 24.5 Å². The van der Waals surface area contributed by atoms with Gasteiger partial charge in [0.15, 0.2) is 17.3 Å². The van der Waals surface area contributed by atoms with Gasteiger partial charge in [0, 0.05) is 43.2 Å². The van der Waals surface area contributed by atoms with Crippen molar-refractivity contribution < 1.29 is 14.2 Å². The first kappa shape index (κ1) is 21.4. The fourth-order valence-electron chi connectivity index (χ4n) is 5.37. The van der Waals surface area contributed by atoms with E-state index in [2.05, 4.69) is 20.1 Å². The first-order chi connectivity index (χ1) is 16.4. The Morgan fingerprint density at radius 2 is 2.06 bits per heavy atom. The standard InChI is InChI=1S/C23H27FN8O2/c1-13-20(25)23(12-34-13)5-7-31(8-6-23)21-16(11-33)28-22-15(27-21)9-26-32(22)17-4-3-14-10-30(2)29-19(14)18(17)24/h3-4,9-10,13,20,33H,5-8,11-12,25H2,1-2H3/t13-,20+/m0/s1. The smallest absolute Gasteiger partial charge is 0.182 e. The molecule has 3 N–H and O–H groups in total. The fraction of sp³-hybridized carbons (Fsp3) is 0.478. The summed E-state index contributed by atoms with van der Waals surface area (Å²) in [6, 6.07) is 3.47. The van der Waals surface area contributed by atoms with Gasteiger partial charge in [-0.25, -0.2) is 19.0 Å². The molecule has 2 aliphatic heterocycles. The van der Waals surface area contributed by atoms with Crippen LogP contribution in [0.1, 0.15) is 25.5 Å². The van der Waals surface area contributed by atoms with Gasteiger partial charge >= 0.3 is 0 Å². The minimum Gasteiger partial charge on any atom is -0.390 e. The second-order valence-corrected chi connectivity index (χ2v) is 9.45. The van der Waals surface area contributed by atoms with Crippen molar-refractivity contribution in [2.45, 2.75) is 38.5 Å². The van der Waals surface area contributed by atoms with E-state index >= 15 is 4.39 Å². The molecule has 2 atom stereocenters. The molecule has 0 aliphatic carbocycles. The van der Waals surface area contributed by atoms with Crippen LogP contribution in [0.5, 0.6) is 0 Å². The molecule has 0 amide bonds. The molecule has 3 aromatic heterocycles. The number of fused-ring (bicyclic) bond motifs is 2. The van der Waals surface area contributed by atoms with Gasteiger partial charge in [0.25, 0.3) is 0 Å². The largest absolute Gasteiger partial charge is 0.390 e. The minimum atomic E-state index is -0.481. The zero-order valence-corrected chi connectivity index (χ0v) is 19.1. The lowest BCUT2D eigenvalue weighted by Gasteiger charge is -2.41. The summed E-state index contributed by atoms with van der Waals surface area (Å²) in [5, 5.41) is 19.4. The van der Waals surface area contributed by atoms with E-state index in [-0.39, 0.29) is 35.4 Å². The van der Waals surface area contributed by atoms with Crippen LogP contribution >= 0.6 is 0 Å². The van der Waals surface area contributed by atoms with Gasteiger partial charge in [0.2, 0.25) is 0 Å². The van der Waals surface area contributed by atoms with Crippen LogP contribution in [-0.4, -0.2) is 66.5 Å². The third-order valence-corrected chi connectivity index (χ3v) is 7.44. The maximum Gasteiger partial charge on any atom is 0.182 e. The maximum atomic E-state index is 15.3. The van der Waals surface area contributed by atoms with Crippen molar-refractivity contribution in [1.29, 1.82) is 0 Å². The van der Waals surface area contributed by atoms with E-state index < -0.39 is 5.82 Å². The Morgan fingerprint density at radius 3 is 2.76 bits per heavy atom. The van der Waals surface area contributed by atoms with Crippen LogP contribution in [0.4, 0.5) is 10.2 Å². The summed E-state index contributed by atoms with van der Waals surface area (Å²) in [4.78, 5) is 11.6. The highest BCUT2D eigenvalue weighted by Gasteiger charge is 2.47. The molecular formula is C23H27FN8O2. The van der Waals surface area contributed by atoms with Crippen LogP contribution in [0.2, 0.25) is 0 Å². The maximum absolute atomic E-state index is 15.3. The number of piperidine rings is 1. The average Bonchev–Trinajstić information content (AvgIpc) is 3.51. The summed E-state index contributed by atoms with van der Waals surface area (Å²) < 4.78 is 24.1. The van der Waals surface area contributed by atoms with Crippen LogP contribution < -0.4 is 10.6 Å². The monoisotopic (exact) mass is 466 g/mol. The number of hydrogen-bond acceptors (Lipinski definition) is 8. The number of nitrogens with zero attached hydrogens (tertiary/aromatic N) is 7. The number of aliphatic hydroxyl groups is 1. The number of halogens is 1. The first-order valence-electron chi connectivity index (χ1n) is 11.5. The predicted molar refractivity (Wildman–Crippen MR) is 124 cm³/mol. The van der Waals surface area contributed by atoms with Crippen LogP contribution in [0.25, 0.3) is 27.8 Å². The molecule has 178 valence electrons. The van der Waals surface area contributed by atoms with E-state index in [1.807, 2.05) is 6.92 Å². The second kappa shape index (κ2) is 7.69. The molecule has 4 aromatic rings. The Hall–Kier alpha value is -3.15. The molecule has 0 unspecified atom stereocenters. The minimum absolute atomic E-state index is 0.0145. The number of hydrogen-bond donors (Lipinski definition) is 2. The molecule has 0 bridgehead atoms. The van der Waals surface area contributed by atoms with Crippen molar-refractivity contribution in [2.24, 2.45) is 18.2 Å². The van der Waals surface area contributed by atoms with Crippen molar-refractivity contribution in [3.63, 3.8) is 0 Å². The number of aliphatic hydroxyl groups excluding tert-OH is 1. The van der Waals surface area contributed by atoms with Gasteiger partial charge < -0.3 is 20.5 Å². The summed E-state index contributed by atoms with van der Waals surface area (Å²) >= 11 is 0. The normalized spacial score (nSPS) is 22.4. The molecule has 10 nitrogen and oxygen atoms in total. The van der Waals surface area contributed by atoms with Crippen LogP contribution in [0, 0.1) is 11.2 Å². The third-order valence-electron chi connectivity index (χ3n) is 7.44. The number of rotatable bonds is 3. The summed E-state index contributed by atoms with van der Waals surface area (Å²) in [7, 11) is 1.75. The Balaban J connectivity index is 1.35. The Kier molecular flexibility index (Phi) is 4.84. The lowest BCUT2D eigenvalue weighted by Crippen LogP contribution is -2.51. The SMILES string of the molecule is C[C@@H]1OCC2(CCN(c3nc4cnn(-c5ccc6cn(C)nc6c5F)c4nc3CO)CC2)[C@@H]1N. The number of aromatic nitrogens is 6. The van der Waals surface area contributed by atoms with Crippen LogP contribution in [-0.2, 0) is 18.4 Å². The van der Waals surface area contributed by atoms with Gasteiger partial charge in [0.05, 0.1) is 25.5 Å². The van der Waals surface area contributed by atoms with Crippen molar-refractivity contribution >= 4 is 27.9 Å².